The van der Waals surface area contributed by atoms with Crippen LogP contribution in [0.4, 0.5) is 0 Å². The summed E-state index contributed by atoms with van der Waals surface area (Å²) in [5, 5.41) is 1.23. The van der Waals surface area contributed by atoms with E-state index in [-0.39, 0.29) is 0 Å². The minimum atomic E-state index is 0.476. The van der Waals surface area contributed by atoms with Gasteiger partial charge in [0.25, 0.3) is 0 Å². The van der Waals surface area contributed by atoms with Crippen molar-refractivity contribution in [2.24, 2.45) is 5.73 Å². The van der Waals surface area contributed by atoms with E-state index in [9.17, 15) is 0 Å². The van der Waals surface area contributed by atoms with Crippen molar-refractivity contribution in [1.29, 1.82) is 0 Å². The molecule has 0 bridgehead atoms. The summed E-state index contributed by atoms with van der Waals surface area (Å²) in [5.74, 6) is 0.648. The highest BCUT2D eigenvalue weighted by Crippen LogP contribution is 2.34. The Bertz CT molecular complexity index is 570. The molecule has 94 valence electrons. The van der Waals surface area contributed by atoms with Crippen molar-refractivity contribution in [2.75, 3.05) is 7.11 Å². The van der Waals surface area contributed by atoms with E-state index < -0.39 is 0 Å². The molecule has 4 heteroatoms. The number of rotatable bonds is 3. The molecule has 0 atom stereocenters. The minimum Gasteiger partial charge on any atom is -0.495 e. The zero-order chi connectivity index (χ0) is 13.1. The fourth-order valence-corrected chi connectivity index (χ4v) is 2.32. The molecule has 0 unspecified atom stereocenters. The smallest absolute Gasteiger partial charge is 0.137 e. The molecule has 2 N–H and O–H groups in total. The third-order valence-corrected chi connectivity index (χ3v) is 3.34. The normalized spacial score (nSPS) is 10.4. The summed E-state index contributed by atoms with van der Waals surface area (Å²) >= 11 is 12.3. The predicted molar refractivity (Wildman–Crippen MR) is 76.3 cm³/mol. The molecule has 0 aromatic heterocycles. The third kappa shape index (κ3) is 2.61. The number of hydrogen-bond donors (Lipinski definition) is 1. The molecule has 0 aliphatic heterocycles. The molecule has 0 fully saturated rings. The second kappa shape index (κ2) is 5.61. The van der Waals surface area contributed by atoms with Crippen LogP contribution in [0.15, 0.2) is 36.4 Å². The molecule has 0 amide bonds. The molecule has 0 heterocycles. The van der Waals surface area contributed by atoms with E-state index in [2.05, 4.69) is 0 Å². The Hall–Kier alpha value is -1.22. The molecular weight excluding hydrogens is 269 g/mol. The van der Waals surface area contributed by atoms with Crippen LogP contribution in [0, 0.1) is 0 Å². The minimum absolute atomic E-state index is 0.476. The monoisotopic (exact) mass is 281 g/mol. The van der Waals surface area contributed by atoms with Gasteiger partial charge >= 0.3 is 0 Å². The first kappa shape index (κ1) is 13.2. The van der Waals surface area contributed by atoms with Crippen LogP contribution in [0.3, 0.4) is 0 Å². The highest BCUT2D eigenvalue weighted by Gasteiger charge is 2.07. The molecule has 2 nitrogen and oxygen atoms in total. The van der Waals surface area contributed by atoms with E-state index in [1.54, 1.807) is 7.11 Å². The summed E-state index contributed by atoms with van der Waals surface area (Å²) in [6, 6.07) is 11.4. The Kier molecular flexibility index (Phi) is 4.12. The average molecular weight is 282 g/mol. The maximum Gasteiger partial charge on any atom is 0.137 e. The van der Waals surface area contributed by atoms with Crippen LogP contribution in [0.5, 0.6) is 5.75 Å². The van der Waals surface area contributed by atoms with Crippen LogP contribution < -0.4 is 10.5 Å². The zero-order valence-electron chi connectivity index (χ0n) is 9.91. The van der Waals surface area contributed by atoms with Gasteiger partial charge in [-0.1, -0.05) is 41.4 Å². The second-order valence-corrected chi connectivity index (χ2v) is 4.68. The molecule has 0 spiro atoms. The standard InChI is InChI=1S/C14H13Cl2NO/c1-18-14-5-3-10(7-13(14)16)11-4-2-9(8-17)6-12(11)15/h2-7H,8,17H2,1H3. The predicted octanol–water partition coefficient (Wildman–Crippen LogP) is 4.13. The average Bonchev–Trinajstić information content (AvgIpc) is 2.38. The Morgan fingerprint density at radius 3 is 2.39 bits per heavy atom. The van der Waals surface area contributed by atoms with Crippen molar-refractivity contribution in [3.8, 4) is 16.9 Å². The Balaban J connectivity index is 2.45. The van der Waals surface area contributed by atoms with Gasteiger partial charge in [-0.05, 0) is 29.3 Å². The summed E-state index contributed by atoms with van der Waals surface area (Å²) < 4.78 is 5.12. The Morgan fingerprint density at radius 1 is 1.06 bits per heavy atom. The number of halogens is 2. The first-order chi connectivity index (χ1) is 8.65. The number of ether oxygens (including phenoxy) is 1. The molecule has 2 aromatic carbocycles. The van der Waals surface area contributed by atoms with E-state index in [1.165, 1.54) is 0 Å². The maximum absolute atomic E-state index is 6.24. The molecule has 0 saturated carbocycles. The lowest BCUT2D eigenvalue weighted by molar-refractivity contribution is 0.415. The molecule has 2 rings (SSSR count). The lowest BCUT2D eigenvalue weighted by atomic mass is 10.0. The number of benzene rings is 2. The van der Waals surface area contributed by atoms with Crippen LogP contribution >= 0.6 is 23.2 Å². The SMILES string of the molecule is COc1ccc(-c2ccc(CN)cc2Cl)cc1Cl. The molecule has 0 aliphatic rings. The van der Waals surface area contributed by atoms with Crippen LogP contribution in [0.2, 0.25) is 10.0 Å². The van der Waals surface area contributed by atoms with Crippen LogP contribution in [0.25, 0.3) is 11.1 Å². The Labute approximate surface area is 116 Å². The highest BCUT2D eigenvalue weighted by molar-refractivity contribution is 6.34. The molecular formula is C14H13Cl2NO. The maximum atomic E-state index is 6.24. The third-order valence-electron chi connectivity index (χ3n) is 2.73. The van der Waals surface area contributed by atoms with Gasteiger partial charge in [-0.25, -0.2) is 0 Å². The number of methoxy groups -OCH3 is 1. The number of nitrogens with two attached hydrogens (primary N) is 1. The largest absolute Gasteiger partial charge is 0.495 e. The fourth-order valence-electron chi connectivity index (χ4n) is 1.75. The highest BCUT2D eigenvalue weighted by atomic mass is 35.5. The lowest BCUT2D eigenvalue weighted by Crippen LogP contribution is -1.96. The van der Waals surface area contributed by atoms with Crippen molar-refractivity contribution < 1.29 is 4.74 Å². The van der Waals surface area contributed by atoms with Gasteiger partial charge in [0.2, 0.25) is 0 Å². The van der Waals surface area contributed by atoms with E-state index in [4.69, 9.17) is 33.7 Å². The van der Waals surface area contributed by atoms with Gasteiger partial charge in [-0.3, -0.25) is 0 Å². The molecule has 0 saturated heterocycles. The molecule has 0 radical (unpaired) electrons. The zero-order valence-corrected chi connectivity index (χ0v) is 11.4. The van der Waals surface area contributed by atoms with Crippen molar-refractivity contribution in [3.63, 3.8) is 0 Å². The van der Waals surface area contributed by atoms with E-state index >= 15 is 0 Å². The molecule has 18 heavy (non-hydrogen) atoms. The summed E-state index contributed by atoms with van der Waals surface area (Å²) in [5.41, 5.74) is 8.46. The second-order valence-electron chi connectivity index (χ2n) is 3.87. The van der Waals surface area contributed by atoms with Crippen LogP contribution in [-0.4, -0.2) is 7.11 Å². The van der Waals surface area contributed by atoms with Crippen molar-refractivity contribution in [2.45, 2.75) is 6.54 Å². The van der Waals surface area contributed by atoms with Crippen molar-refractivity contribution in [3.05, 3.63) is 52.0 Å². The molecule has 2 aromatic rings. The topological polar surface area (TPSA) is 35.2 Å². The van der Waals surface area contributed by atoms with Gasteiger partial charge in [0.05, 0.1) is 12.1 Å². The first-order valence-electron chi connectivity index (χ1n) is 5.48. The van der Waals surface area contributed by atoms with Crippen molar-refractivity contribution in [1.82, 2.24) is 0 Å². The summed E-state index contributed by atoms with van der Waals surface area (Å²) in [4.78, 5) is 0. The van der Waals surface area contributed by atoms with Crippen LogP contribution in [0.1, 0.15) is 5.56 Å². The lowest BCUT2D eigenvalue weighted by Gasteiger charge is -2.09. The van der Waals surface area contributed by atoms with Crippen LogP contribution in [-0.2, 0) is 6.54 Å². The van der Waals surface area contributed by atoms with E-state index in [1.807, 2.05) is 36.4 Å². The van der Waals surface area contributed by atoms with Gasteiger partial charge in [0, 0.05) is 17.1 Å². The first-order valence-corrected chi connectivity index (χ1v) is 6.23. The summed E-state index contributed by atoms with van der Waals surface area (Å²) in [6.07, 6.45) is 0. The quantitative estimate of drug-likeness (QED) is 0.918. The summed E-state index contributed by atoms with van der Waals surface area (Å²) in [7, 11) is 1.59. The van der Waals surface area contributed by atoms with Gasteiger partial charge in [0.15, 0.2) is 0 Å². The fraction of sp³-hybridized carbons (Fsp3) is 0.143. The molecule has 0 aliphatic carbocycles. The Morgan fingerprint density at radius 2 is 1.83 bits per heavy atom. The van der Waals surface area contributed by atoms with Crippen molar-refractivity contribution >= 4 is 23.2 Å². The van der Waals surface area contributed by atoms with E-state index in [0.29, 0.717) is 22.3 Å². The van der Waals surface area contributed by atoms with Gasteiger partial charge in [-0.2, -0.15) is 0 Å². The van der Waals surface area contributed by atoms with Gasteiger partial charge in [0.1, 0.15) is 5.75 Å². The summed E-state index contributed by atoms with van der Waals surface area (Å²) in [6.45, 7) is 0.476. The van der Waals surface area contributed by atoms with Gasteiger partial charge in [-0.15, -0.1) is 0 Å². The number of hydrogen-bond acceptors (Lipinski definition) is 2. The van der Waals surface area contributed by atoms with Gasteiger partial charge < -0.3 is 10.5 Å². The van der Waals surface area contributed by atoms with E-state index in [0.717, 1.165) is 16.7 Å².